The van der Waals surface area contributed by atoms with Crippen molar-refractivity contribution < 1.29 is 38.2 Å². The molecule has 4 fully saturated rings. The highest BCUT2D eigenvalue weighted by atomic mass is 16.6. The van der Waals surface area contributed by atoms with Gasteiger partial charge in [-0.15, -0.1) is 0 Å². The summed E-state index contributed by atoms with van der Waals surface area (Å²) in [4.78, 5) is 84.3. The molecule has 1 saturated heterocycles. The molecule has 3 aliphatic carbocycles. The monoisotopic (exact) mass is 703 g/mol. The summed E-state index contributed by atoms with van der Waals surface area (Å²) in [5.74, 6) is -2.41. The number of ether oxygens (including phenoxy) is 2. The number of carbonyl (C=O) groups excluding carboxylic acids is 6. The summed E-state index contributed by atoms with van der Waals surface area (Å²) < 4.78 is 11.6. The summed E-state index contributed by atoms with van der Waals surface area (Å²) in [5, 5.41) is 8.25. The van der Waals surface area contributed by atoms with Crippen molar-refractivity contribution in [1.29, 1.82) is 0 Å². The van der Waals surface area contributed by atoms with Gasteiger partial charge in [0, 0.05) is 31.3 Å². The number of alkyl carbamates (subject to hydrolysis) is 1. The van der Waals surface area contributed by atoms with Crippen LogP contribution in [0.15, 0.2) is 36.4 Å². The summed E-state index contributed by atoms with van der Waals surface area (Å²) in [6.45, 7) is 0.831. The van der Waals surface area contributed by atoms with E-state index in [9.17, 15) is 28.8 Å². The molecule has 13 heteroatoms. The molecule has 0 spiro atoms. The lowest BCUT2D eigenvalue weighted by Crippen LogP contribution is -2.58. The first-order chi connectivity index (χ1) is 24.7. The second kappa shape index (κ2) is 15.1. The maximum absolute atomic E-state index is 14.4. The number of fused-ring (bicyclic) bond motifs is 3. The minimum absolute atomic E-state index is 0.0200. The fraction of sp³-hybridized carbons (Fsp3) is 0.632. The second-order valence-electron chi connectivity index (χ2n) is 15.1. The minimum atomic E-state index is -1.33. The zero-order valence-corrected chi connectivity index (χ0v) is 29.1. The number of carbonyl (C=O) groups is 6. The van der Waals surface area contributed by atoms with Crippen LogP contribution in [0.25, 0.3) is 0 Å². The highest BCUT2D eigenvalue weighted by molar-refractivity contribution is 6.06. The summed E-state index contributed by atoms with van der Waals surface area (Å²) in [5.41, 5.74) is 0.904. The molecule has 3 N–H and O–H groups in total. The van der Waals surface area contributed by atoms with Gasteiger partial charge in [0.15, 0.2) is 0 Å². The van der Waals surface area contributed by atoms with Crippen LogP contribution in [-0.4, -0.2) is 88.5 Å². The normalized spacial score (nSPS) is 30.4. The lowest BCUT2D eigenvalue weighted by molar-refractivity contribution is -0.141. The van der Waals surface area contributed by atoms with Gasteiger partial charge < -0.3 is 29.9 Å². The van der Waals surface area contributed by atoms with Crippen LogP contribution in [-0.2, 0) is 41.6 Å². The second-order valence-corrected chi connectivity index (χ2v) is 15.1. The predicted molar refractivity (Wildman–Crippen MR) is 184 cm³/mol. The summed E-state index contributed by atoms with van der Waals surface area (Å²) >= 11 is 0. The van der Waals surface area contributed by atoms with E-state index in [1.807, 2.05) is 36.4 Å². The number of hydrogen-bond acceptors (Lipinski definition) is 8. The van der Waals surface area contributed by atoms with Crippen LogP contribution in [0.3, 0.4) is 0 Å². The Balaban J connectivity index is 1.11. The van der Waals surface area contributed by atoms with Crippen molar-refractivity contribution in [2.75, 3.05) is 13.1 Å². The minimum Gasteiger partial charge on any atom is -0.446 e. The van der Waals surface area contributed by atoms with Crippen LogP contribution in [0.1, 0.15) is 94.6 Å². The molecule has 13 nitrogen and oxygen atoms in total. The molecule has 3 saturated carbocycles. The van der Waals surface area contributed by atoms with E-state index >= 15 is 0 Å². The highest BCUT2D eigenvalue weighted by Crippen LogP contribution is 2.46. The maximum atomic E-state index is 14.4. The Hall–Kier alpha value is -4.42. The third kappa shape index (κ3) is 8.07. The quantitative estimate of drug-likeness (QED) is 0.309. The molecular weight excluding hydrogens is 654 g/mol. The molecule has 7 rings (SSSR count). The fourth-order valence-electron chi connectivity index (χ4n) is 8.04. The number of nitrogens with zero attached hydrogens (tertiary/aromatic N) is 2. The molecule has 3 aliphatic heterocycles. The van der Waals surface area contributed by atoms with Crippen molar-refractivity contribution in [3.8, 4) is 0 Å². The molecular formula is C38H49N5O8. The Kier molecular flexibility index (Phi) is 10.3. The fourth-order valence-corrected chi connectivity index (χ4v) is 8.04. The van der Waals surface area contributed by atoms with Crippen LogP contribution in [0, 0.1) is 11.8 Å². The van der Waals surface area contributed by atoms with E-state index in [-0.39, 0.29) is 36.8 Å². The van der Waals surface area contributed by atoms with E-state index in [0.29, 0.717) is 38.8 Å². The van der Waals surface area contributed by atoms with Crippen molar-refractivity contribution in [2.24, 2.45) is 11.8 Å². The molecule has 274 valence electrons. The van der Waals surface area contributed by atoms with E-state index in [0.717, 1.165) is 63.4 Å². The highest BCUT2D eigenvalue weighted by Gasteiger charge is 2.61. The van der Waals surface area contributed by atoms with Crippen LogP contribution < -0.4 is 16.0 Å². The van der Waals surface area contributed by atoms with Crippen molar-refractivity contribution in [3.05, 3.63) is 47.5 Å². The van der Waals surface area contributed by atoms with Gasteiger partial charge in [-0.05, 0) is 81.8 Å². The number of imide groups is 1. The van der Waals surface area contributed by atoms with Gasteiger partial charge in [0.1, 0.15) is 29.8 Å². The summed E-state index contributed by atoms with van der Waals surface area (Å²) in [7, 11) is 0. The van der Waals surface area contributed by atoms with E-state index < -0.39 is 53.6 Å². The van der Waals surface area contributed by atoms with Gasteiger partial charge in [0.25, 0.3) is 5.91 Å². The molecule has 0 bridgehead atoms. The van der Waals surface area contributed by atoms with Crippen molar-refractivity contribution >= 4 is 35.8 Å². The third-order valence-corrected chi connectivity index (χ3v) is 11.4. The Morgan fingerprint density at radius 1 is 0.882 bits per heavy atom. The molecule has 1 aromatic carbocycles. The largest absolute Gasteiger partial charge is 0.446 e. The van der Waals surface area contributed by atoms with E-state index in [1.54, 1.807) is 4.90 Å². The van der Waals surface area contributed by atoms with Gasteiger partial charge >= 0.3 is 12.2 Å². The number of hydrogen-bond donors (Lipinski definition) is 3. The first kappa shape index (κ1) is 35.0. The van der Waals surface area contributed by atoms with Crippen molar-refractivity contribution in [2.45, 2.75) is 126 Å². The van der Waals surface area contributed by atoms with E-state index in [2.05, 4.69) is 16.0 Å². The Bertz CT molecular complexity index is 1570. The molecule has 1 aromatic rings. The molecule has 0 unspecified atom stereocenters. The SMILES string of the molecule is O=C(N[C@H]1CCCCC/C=C\[C@H]2C[C@@]2(C(=O)NC(=O)C2CC2)NC(=O)[C@@H]2C[C@@H](OC(=O)N3CCc4ccccc4C3)CN2C1=O)OC1CCCC1. The molecule has 0 aromatic heterocycles. The molecule has 6 aliphatic rings. The Labute approximate surface area is 298 Å². The number of nitrogens with one attached hydrogen (secondary N) is 3. The average Bonchev–Trinajstić information content (AvgIpc) is 3.99. The number of rotatable bonds is 5. The van der Waals surface area contributed by atoms with E-state index in [4.69, 9.17) is 9.47 Å². The topological polar surface area (TPSA) is 163 Å². The predicted octanol–water partition coefficient (Wildman–Crippen LogP) is 3.64. The van der Waals surface area contributed by atoms with Crippen LogP contribution in [0.4, 0.5) is 9.59 Å². The van der Waals surface area contributed by atoms with Crippen molar-refractivity contribution in [1.82, 2.24) is 25.8 Å². The first-order valence-electron chi connectivity index (χ1n) is 18.8. The van der Waals surface area contributed by atoms with Crippen LogP contribution >= 0.6 is 0 Å². The Morgan fingerprint density at radius 2 is 1.65 bits per heavy atom. The lowest BCUT2D eigenvalue weighted by atomic mass is 10.0. The average molecular weight is 704 g/mol. The van der Waals surface area contributed by atoms with Crippen LogP contribution in [0.2, 0.25) is 0 Å². The van der Waals surface area contributed by atoms with Gasteiger partial charge in [-0.25, -0.2) is 9.59 Å². The Morgan fingerprint density at radius 3 is 2.43 bits per heavy atom. The number of allylic oxidation sites excluding steroid dienone is 1. The molecule has 5 atom stereocenters. The zero-order chi connectivity index (χ0) is 35.5. The third-order valence-electron chi connectivity index (χ3n) is 11.4. The summed E-state index contributed by atoms with van der Waals surface area (Å²) in [6.07, 6.45) is 11.2. The molecule has 51 heavy (non-hydrogen) atoms. The maximum Gasteiger partial charge on any atom is 0.410 e. The van der Waals surface area contributed by atoms with Gasteiger partial charge in [-0.3, -0.25) is 24.5 Å². The first-order valence-corrected chi connectivity index (χ1v) is 18.8. The smallest absolute Gasteiger partial charge is 0.410 e. The molecule has 3 heterocycles. The van der Waals surface area contributed by atoms with Gasteiger partial charge in [0.05, 0.1) is 6.54 Å². The lowest BCUT2D eigenvalue weighted by Gasteiger charge is -2.30. The van der Waals surface area contributed by atoms with Crippen molar-refractivity contribution in [3.63, 3.8) is 0 Å². The number of amides is 6. The van der Waals surface area contributed by atoms with Gasteiger partial charge in [-0.2, -0.15) is 0 Å². The van der Waals surface area contributed by atoms with Gasteiger partial charge in [-0.1, -0.05) is 49.3 Å². The van der Waals surface area contributed by atoms with Crippen LogP contribution in [0.5, 0.6) is 0 Å². The van der Waals surface area contributed by atoms with Gasteiger partial charge in [0.2, 0.25) is 17.7 Å². The summed E-state index contributed by atoms with van der Waals surface area (Å²) in [6, 6.07) is 5.91. The molecule has 0 radical (unpaired) electrons. The zero-order valence-electron chi connectivity index (χ0n) is 29.1. The molecule has 6 amide bonds. The number of benzene rings is 1. The standard InChI is InChI=1S/C38H49N5O8/c44-32(25-16-17-25)40-35(47)38-21-27(38)12-4-2-1-3-5-15-30(39-36(48)50-28-13-8-9-14-28)34(46)43-23-29(20-31(43)33(45)41-38)51-37(49)42-19-18-24-10-6-7-11-26(24)22-42/h4,6-7,10-12,25,27-31H,1-3,5,8-9,13-23H2,(H,39,48)(H,41,45)(H,40,44,47)/b12-4-/t27-,29+,30-,31-,38+/m0/s1. The van der Waals surface area contributed by atoms with E-state index in [1.165, 1.54) is 10.5 Å².